The van der Waals surface area contributed by atoms with Gasteiger partial charge in [0, 0.05) is 17.9 Å². The zero-order valence-electron chi connectivity index (χ0n) is 16.9. The summed E-state index contributed by atoms with van der Waals surface area (Å²) in [5, 5.41) is 4.96. The highest BCUT2D eigenvalue weighted by Crippen LogP contribution is 2.39. The van der Waals surface area contributed by atoms with Gasteiger partial charge in [-0.25, -0.2) is 0 Å². The lowest BCUT2D eigenvalue weighted by molar-refractivity contribution is -0.126. The lowest BCUT2D eigenvalue weighted by Gasteiger charge is -2.20. The second kappa shape index (κ2) is 7.59. The summed E-state index contributed by atoms with van der Waals surface area (Å²) in [5.41, 5.74) is 3.82. The molecule has 0 radical (unpaired) electrons. The van der Waals surface area contributed by atoms with Gasteiger partial charge < -0.3 is 15.0 Å². The van der Waals surface area contributed by atoms with Crippen LogP contribution in [0.4, 0.5) is 5.69 Å². The summed E-state index contributed by atoms with van der Waals surface area (Å²) in [5.74, 6) is 0.460. The molecule has 1 aliphatic rings. The van der Waals surface area contributed by atoms with Crippen molar-refractivity contribution in [3.63, 3.8) is 0 Å². The lowest BCUT2D eigenvalue weighted by Crippen LogP contribution is -2.38. The van der Waals surface area contributed by atoms with Crippen molar-refractivity contribution in [2.45, 2.75) is 26.8 Å². The Morgan fingerprint density at radius 2 is 1.86 bits per heavy atom. The summed E-state index contributed by atoms with van der Waals surface area (Å²) >= 11 is 0. The topological polar surface area (TPSA) is 58.6 Å². The maximum atomic E-state index is 13.1. The van der Waals surface area contributed by atoms with Gasteiger partial charge >= 0.3 is 0 Å². The largest absolute Gasteiger partial charge is 0.491 e. The zero-order chi connectivity index (χ0) is 20.5. The molecule has 1 atom stereocenters. The van der Waals surface area contributed by atoms with Crippen molar-refractivity contribution < 1.29 is 14.3 Å². The summed E-state index contributed by atoms with van der Waals surface area (Å²) in [6, 6.07) is 17.4. The Balaban J connectivity index is 1.57. The minimum absolute atomic E-state index is 0.120. The predicted octanol–water partition coefficient (Wildman–Crippen LogP) is 4.06. The van der Waals surface area contributed by atoms with E-state index in [-0.39, 0.29) is 11.8 Å². The average molecular weight is 388 g/mol. The number of aryl methyl sites for hydroxylation is 2. The number of hydrogen-bond donors (Lipinski definition) is 1. The number of nitrogens with one attached hydrogen (secondary N) is 1. The number of benzene rings is 3. The first-order valence-electron chi connectivity index (χ1n) is 9.76. The van der Waals surface area contributed by atoms with E-state index in [9.17, 15) is 9.59 Å². The molecule has 1 unspecified atom stereocenters. The van der Waals surface area contributed by atoms with Gasteiger partial charge in [0.15, 0.2) is 0 Å². The highest BCUT2D eigenvalue weighted by atomic mass is 16.5. The molecule has 1 N–H and O–H groups in total. The standard InChI is InChI=1S/C24H24N2O3/c1-15-13-16(2)23-20(14-15)22(25-17(3)27)24(28)26(23)11-12-29-21-10-6-8-18-7-4-5-9-19(18)21/h4-10,13-14,22H,11-12H2,1-3H3,(H,25,27). The van der Waals surface area contributed by atoms with Crippen LogP contribution in [-0.4, -0.2) is 25.0 Å². The van der Waals surface area contributed by atoms with Crippen molar-refractivity contribution in [1.82, 2.24) is 5.32 Å². The van der Waals surface area contributed by atoms with E-state index >= 15 is 0 Å². The molecule has 3 aromatic carbocycles. The van der Waals surface area contributed by atoms with Crippen molar-refractivity contribution in [3.05, 3.63) is 71.3 Å². The number of rotatable bonds is 5. The van der Waals surface area contributed by atoms with Gasteiger partial charge in [0.25, 0.3) is 5.91 Å². The number of carbonyl (C=O) groups excluding carboxylic acids is 2. The Morgan fingerprint density at radius 1 is 1.10 bits per heavy atom. The summed E-state index contributed by atoms with van der Waals surface area (Å²) in [7, 11) is 0. The summed E-state index contributed by atoms with van der Waals surface area (Å²) < 4.78 is 6.04. The molecule has 0 bridgehead atoms. The van der Waals surface area contributed by atoms with Crippen LogP contribution in [0, 0.1) is 13.8 Å². The first kappa shape index (κ1) is 19.0. The lowest BCUT2D eigenvalue weighted by atomic mass is 10.0. The van der Waals surface area contributed by atoms with Crippen LogP contribution in [0.1, 0.15) is 29.7 Å². The molecule has 1 heterocycles. The van der Waals surface area contributed by atoms with Crippen LogP contribution in [0.2, 0.25) is 0 Å². The third-order valence-electron chi connectivity index (χ3n) is 5.24. The van der Waals surface area contributed by atoms with Crippen LogP contribution in [0.25, 0.3) is 10.8 Å². The molecule has 148 valence electrons. The molecular weight excluding hydrogens is 364 g/mol. The smallest absolute Gasteiger partial charge is 0.254 e. The van der Waals surface area contributed by atoms with E-state index < -0.39 is 6.04 Å². The molecular formula is C24H24N2O3. The number of anilines is 1. The Bertz CT molecular complexity index is 1100. The maximum Gasteiger partial charge on any atom is 0.254 e. The van der Waals surface area contributed by atoms with E-state index in [0.717, 1.165) is 38.9 Å². The second-order valence-corrected chi connectivity index (χ2v) is 7.47. The van der Waals surface area contributed by atoms with Gasteiger partial charge in [0.05, 0.1) is 12.2 Å². The second-order valence-electron chi connectivity index (χ2n) is 7.47. The summed E-state index contributed by atoms with van der Waals surface area (Å²) in [6.07, 6.45) is 0. The summed E-state index contributed by atoms with van der Waals surface area (Å²) in [4.78, 5) is 26.5. The van der Waals surface area contributed by atoms with Crippen LogP contribution in [-0.2, 0) is 9.59 Å². The maximum absolute atomic E-state index is 13.1. The molecule has 0 saturated carbocycles. The molecule has 0 aromatic heterocycles. The fourth-order valence-corrected chi connectivity index (χ4v) is 4.11. The van der Waals surface area contributed by atoms with Crippen molar-refractivity contribution in [3.8, 4) is 5.75 Å². The van der Waals surface area contributed by atoms with E-state index in [1.807, 2.05) is 62.4 Å². The van der Waals surface area contributed by atoms with Gasteiger partial charge in [0.2, 0.25) is 5.91 Å². The molecule has 0 fully saturated rings. The normalized spacial score (nSPS) is 15.5. The fourth-order valence-electron chi connectivity index (χ4n) is 4.11. The fraction of sp³-hybridized carbons (Fsp3) is 0.250. The highest BCUT2D eigenvalue weighted by molar-refractivity contribution is 6.07. The first-order chi connectivity index (χ1) is 14.0. The third kappa shape index (κ3) is 3.56. The van der Waals surface area contributed by atoms with Crippen LogP contribution in [0.15, 0.2) is 54.6 Å². The van der Waals surface area contributed by atoms with Crippen molar-refractivity contribution in [1.29, 1.82) is 0 Å². The summed E-state index contributed by atoms with van der Waals surface area (Å²) in [6.45, 7) is 6.19. The van der Waals surface area contributed by atoms with Gasteiger partial charge in [-0.15, -0.1) is 0 Å². The van der Waals surface area contributed by atoms with Crippen LogP contribution in [0.3, 0.4) is 0 Å². The molecule has 0 aliphatic carbocycles. The van der Waals surface area contributed by atoms with Gasteiger partial charge in [0.1, 0.15) is 18.4 Å². The van der Waals surface area contributed by atoms with E-state index in [0.29, 0.717) is 13.2 Å². The van der Waals surface area contributed by atoms with Gasteiger partial charge in [-0.1, -0.05) is 54.1 Å². The van der Waals surface area contributed by atoms with E-state index in [1.165, 1.54) is 6.92 Å². The third-order valence-corrected chi connectivity index (χ3v) is 5.24. The molecule has 3 aromatic rings. The predicted molar refractivity (Wildman–Crippen MR) is 114 cm³/mol. The number of ether oxygens (including phenoxy) is 1. The monoisotopic (exact) mass is 388 g/mol. The molecule has 2 amide bonds. The van der Waals surface area contributed by atoms with E-state index in [4.69, 9.17) is 4.74 Å². The van der Waals surface area contributed by atoms with Crippen LogP contribution >= 0.6 is 0 Å². The highest BCUT2D eigenvalue weighted by Gasteiger charge is 2.38. The van der Waals surface area contributed by atoms with Gasteiger partial charge in [-0.2, -0.15) is 0 Å². The minimum Gasteiger partial charge on any atom is -0.491 e. The van der Waals surface area contributed by atoms with Crippen molar-refractivity contribution in [2.24, 2.45) is 0 Å². The Kier molecular flexibility index (Phi) is 4.97. The van der Waals surface area contributed by atoms with E-state index in [2.05, 4.69) is 11.4 Å². The Morgan fingerprint density at radius 3 is 2.66 bits per heavy atom. The molecule has 4 rings (SSSR count). The van der Waals surface area contributed by atoms with E-state index in [1.54, 1.807) is 4.90 Å². The molecule has 1 aliphatic heterocycles. The number of amides is 2. The molecule has 29 heavy (non-hydrogen) atoms. The number of fused-ring (bicyclic) bond motifs is 2. The number of carbonyl (C=O) groups is 2. The molecule has 5 heteroatoms. The zero-order valence-corrected chi connectivity index (χ0v) is 16.9. The molecule has 0 spiro atoms. The van der Waals surface area contributed by atoms with Gasteiger partial charge in [-0.05, 0) is 30.9 Å². The molecule has 0 saturated heterocycles. The Hall–Kier alpha value is -3.34. The SMILES string of the molecule is CC(=O)NC1C(=O)N(CCOc2cccc3ccccc23)c2c(C)cc(C)cc21. The minimum atomic E-state index is -0.640. The average Bonchev–Trinajstić information content (AvgIpc) is 2.93. The van der Waals surface area contributed by atoms with Crippen molar-refractivity contribution in [2.75, 3.05) is 18.1 Å². The molecule has 5 nitrogen and oxygen atoms in total. The van der Waals surface area contributed by atoms with Crippen molar-refractivity contribution >= 4 is 28.3 Å². The van der Waals surface area contributed by atoms with Gasteiger partial charge in [-0.3, -0.25) is 9.59 Å². The van der Waals surface area contributed by atoms with Crippen LogP contribution in [0.5, 0.6) is 5.75 Å². The Labute approximate surface area is 170 Å². The van der Waals surface area contributed by atoms with Crippen LogP contribution < -0.4 is 15.0 Å². The number of nitrogens with zero attached hydrogens (tertiary/aromatic N) is 1. The quantitative estimate of drug-likeness (QED) is 0.717. The first-order valence-corrected chi connectivity index (χ1v) is 9.76. The number of hydrogen-bond acceptors (Lipinski definition) is 3.